The van der Waals surface area contributed by atoms with Gasteiger partial charge in [-0.3, -0.25) is 9.59 Å². The number of anilines is 1. The monoisotopic (exact) mass is 464 g/mol. The van der Waals surface area contributed by atoms with Gasteiger partial charge >= 0.3 is 0 Å². The highest BCUT2D eigenvalue weighted by molar-refractivity contribution is 6.02. The molecule has 5 aromatic rings. The van der Waals surface area contributed by atoms with Crippen LogP contribution >= 0.6 is 0 Å². The van der Waals surface area contributed by atoms with Crippen molar-refractivity contribution in [2.75, 3.05) is 5.32 Å². The van der Waals surface area contributed by atoms with E-state index in [0.717, 1.165) is 16.7 Å². The summed E-state index contributed by atoms with van der Waals surface area (Å²) in [5.41, 5.74) is 3.61. The van der Waals surface area contributed by atoms with Crippen molar-refractivity contribution < 1.29 is 18.4 Å². The van der Waals surface area contributed by atoms with E-state index in [9.17, 15) is 9.59 Å². The molecule has 5 rings (SSSR count). The van der Waals surface area contributed by atoms with E-state index >= 15 is 0 Å². The fraction of sp³-hybridized carbons (Fsp3) is 0.0370. The van der Waals surface area contributed by atoms with Crippen LogP contribution in [0.5, 0.6) is 0 Å². The first-order valence-corrected chi connectivity index (χ1v) is 10.9. The summed E-state index contributed by atoms with van der Waals surface area (Å²) in [4.78, 5) is 24.6. The highest BCUT2D eigenvalue weighted by atomic mass is 16.4. The summed E-state index contributed by atoms with van der Waals surface area (Å²) < 4.78 is 10.8. The van der Waals surface area contributed by atoms with Gasteiger partial charge in [0.2, 0.25) is 11.8 Å². The molecule has 3 aromatic carbocycles. The quantitative estimate of drug-likeness (QED) is 0.343. The minimum absolute atomic E-state index is 0.206. The molecule has 0 saturated carbocycles. The molecule has 2 aromatic heterocycles. The molecule has 0 aliphatic heterocycles. The summed E-state index contributed by atoms with van der Waals surface area (Å²) in [6, 6.07) is 26.9. The van der Waals surface area contributed by atoms with Crippen LogP contribution in [0, 0.1) is 0 Å². The first kappa shape index (κ1) is 21.8. The number of amides is 2. The molecule has 0 aliphatic rings. The first-order chi connectivity index (χ1) is 17.2. The van der Waals surface area contributed by atoms with E-state index in [-0.39, 0.29) is 17.6 Å². The number of carbonyl (C=O) groups excluding carboxylic acids is 2. The third-order valence-corrected chi connectivity index (χ3v) is 5.25. The van der Waals surface area contributed by atoms with E-state index in [2.05, 4.69) is 20.8 Å². The second-order valence-corrected chi connectivity index (χ2v) is 7.67. The van der Waals surface area contributed by atoms with Crippen LogP contribution in [0.25, 0.3) is 22.9 Å². The maximum absolute atomic E-state index is 12.6. The molecular weight excluding hydrogens is 444 g/mol. The zero-order valence-electron chi connectivity index (χ0n) is 18.5. The summed E-state index contributed by atoms with van der Waals surface area (Å²) in [6.07, 6.45) is 1.45. The molecule has 0 radical (unpaired) electrons. The Balaban J connectivity index is 1.16. The predicted octanol–water partition coefficient (Wildman–Crippen LogP) is 5.18. The van der Waals surface area contributed by atoms with Crippen molar-refractivity contribution in [1.82, 2.24) is 15.5 Å². The number of aromatic nitrogens is 2. The number of nitrogens with zero attached hydrogens (tertiary/aromatic N) is 2. The van der Waals surface area contributed by atoms with Crippen molar-refractivity contribution in [3.8, 4) is 22.9 Å². The first-order valence-electron chi connectivity index (χ1n) is 10.9. The zero-order valence-corrected chi connectivity index (χ0v) is 18.5. The van der Waals surface area contributed by atoms with Gasteiger partial charge in [-0.1, -0.05) is 30.3 Å². The molecular formula is C27H20N4O4. The molecule has 0 aliphatic carbocycles. The lowest BCUT2D eigenvalue weighted by molar-refractivity contribution is 0.0949. The average molecular weight is 464 g/mol. The molecule has 0 spiro atoms. The van der Waals surface area contributed by atoms with Gasteiger partial charge in [0.1, 0.15) is 0 Å². The second kappa shape index (κ2) is 9.88. The summed E-state index contributed by atoms with van der Waals surface area (Å²) in [5.74, 6) is 0.533. The molecule has 172 valence electrons. The van der Waals surface area contributed by atoms with Crippen LogP contribution in [0.1, 0.15) is 26.5 Å². The Labute approximate surface area is 200 Å². The number of benzene rings is 3. The van der Waals surface area contributed by atoms with Crippen molar-refractivity contribution in [3.05, 3.63) is 114 Å². The van der Waals surface area contributed by atoms with Gasteiger partial charge in [-0.2, -0.15) is 0 Å². The van der Waals surface area contributed by atoms with E-state index in [1.807, 2.05) is 42.5 Å². The topological polar surface area (TPSA) is 110 Å². The minimum atomic E-state index is -0.323. The standard InChI is InChI=1S/C27H20N4O4/c32-24(28-17-18-8-14-22(15-9-18)29-25(33)23-7-4-16-34-23)19-10-12-21(13-11-19)27-31-30-26(35-27)20-5-2-1-3-6-20/h1-16H,17H2,(H,28,32)(H,29,33). The summed E-state index contributed by atoms with van der Waals surface area (Å²) >= 11 is 0. The second-order valence-electron chi connectivity index (χ2n) is 7.67. The lowest BCUT2D eigenvalue weighted by atomic mass is 10.1. The van der Waals surface area contributed by atoms with Crippen LogP contribution < -0.4 is 10.6 Å². The van der Waals surface area contributed by atoms with Gasteiger partial charge in [0, 0.05) is 28.9 Å². The Morgan fingerprint density at radius 2 is 1.40 bits per heavy atom. The minimum Gasteiger partial charge on any atom is -0.459 e. The van der Waals surface area contributed by atoms with Gasteiger partial charge in [-0.25, -0.2) is 0 Å². The van der Waals surface area contributed by atoms with Crippen molar-refractivity contribution in [2.24, 2.45) is 0 Å². The molecule has 0 fully saturated rings. The Kier molecular flexibility index (Phi) is 6.17. The van der Waals surface area contributed by atoms with Gasteiger partial charge in [0.05, 0.1) is 6.26 Å². The molecule has 2 amide bonds. The smallest absolute Gasteiger partial charge is 0.291 e. The van der Waals surface area contributed by atoms with E-state index in [0.29, 0.717) is 29.6 Å². The van der Waals surface area contributed by atoms with Gasteiger partial charge in [0.15, 0.2) is 5.76 Å². The normalized spacial score (nSPS) is 10.6. The van der Waals surface area contributed by atoms with Crippen LogP contribution in [0.3, 0.4) is 0 Å². The lowest BCUT2D eigenvalue weighted by Crippen LogP contribution is -2.22. The summed E-state index contributed by atoms with van der Waals surface area (Å²) in [7, 11) is 0. The van der Waals surface area contributed by atoms with Gasteiger partial charge < -0.3 is 19.5 Å². The number of hydrogen-bond acceptors (Lipinski definition) is 6. The highest BCUT2D eigenvalue weighted by Gasteiger charge is 2.12. The molecule has 2 heterocycles. The summed E-state index contributed by atoms with van der Waals surface area (Å²) in [5, 5.41) is 13.8. The number of carbonyl (C=O) groups is 2. The Morgan fingerprint density at radius 1 is 0.714 bits per heavy atom. The van der Waals surface area contributed by atoms with E-state index < -0.39 is 0 Å². The SMILES string of the molecule is O=C(NCc1ccc(NC(=O)c2ccco2)cc1)c1ccc(-c2nnc(-c3ccccc3)o2)cc1. The lowest BCUT2D eigenvalue weighted by Gasteiger charge is -2.08. The van der Waals surface area contributed by atoms with E-state index in [1.54, 1.807) is 48.5 Å². The van der Waals surface area contributed by atoms with Crippen LogP contribution in [-0.2, 0) is 6.54 Å². The van der Waals surface area contributed by atoms with Crippen LogP contribution in [0.2, 0.25) is 0 Å². The fourth-order valence-electron chi connectivity index (χ4n) is 3.39. The van der Waals surface area contributed by atoms with E-state index in [1.165, 1.54) is 6.26 Å². The van der Waals surface area contributed by atoms with Crippen molar-refractivity contribution in [3.63, 3.8) is 0 Å². The fourth-order valence-corrected chi connectivity index (χ4v) is 3.39. The molecule has 8 nitrogen and oxygen atoms in total. The molecule has 0 atom stereocenters. The van der Waals surface area contributed by atoms with Crippen molar-refractivity contribution in [2.45, 2.75) is 6.54 Å². The molecule has 35 heavy (non-hydrogen) atoms. The third kappa shape index (κ3) is 5.17. The van der Waals surface area contributed by atoms with Gasteiger partial charge in [-0.05, 0) is 66.2 Å². The predicted molar refractivity (Wildman–Crippen MR) is 129 cm³/mol. The van der Waals surface area contributed by atoms with Crippen molar-refractivity contribution >= 4 is 17.5 Å². The Hall–Kier alpha value is -4.98. The average Bonchev–Trinajstić information content (AvgIpc) is 3.62. The van der Waals surface area contributed by atoms with Crippen LogP contribution in [0.4, 0.5) is 5.69 Å². The molecule has 0 bridgehead atoms. The largest absolute Gasteiger partial charge is 0.459 e. The molecule has 2 N–H and O–H groups in total. The third-order valence-electron chi connectivity index (χ3n) is 5.25. The Morgan fingerprint density at radius 3 is 2.06 bits per heavy atom. The van der Waals surface area contributed by atoms with Gasteiger partial charge in [-0.15, -0.1) is 10.2 Å². The number of nitrogens with one attached hydrogen (secondary N) is 2. The number of furan rings is 1. The molecule has 0 unspecified atom stereocenters. The number of rotatable bonds is 7. The maximum Gasteiger partial charge on any atom is 0.291 e. The van der Waals surface area contributed by atoms with E-state index in [4.69, 9.17) is 8.83 Å². The maximum atomic E-state index is 12.6. The van der Waals surface area contributed by atoms with Crippen LogP contribution in [0.15, 0.2) is 106 Å². The molecule has 0 saturated heterocycles. The summed E-state index contributed by atoms with van der Waals surface area (Å²) in [6.45, 7) is 0.344. The number of hydrogen-bond donors (Lipinski definition) is 2. The zero-order chi connectivity index (χ0) is 24.0. The van der Waals surface area contributed by atoms with Gasteiger partial charge in [0.25, 0.3) is 11.8 Å². The van der Waals surface area contributed by atoms with Crippen molar-refractivity contribution in [1.29, 1.82) is 0 Å². The molecule has 8 heteroatoms. The highest BCUT2D eigenvalue weighted by Crippen LogP contribution is 2.24. The van der Waals surface area contributed by atoms with Crippen LogP contribution in [-0.4, -0.2) is 22.0 Å². The Bertz CT molecular complexity index is 1430.